The molecule has 0 saturated carbocycles. The lowest BCUT2D eigenvalue weighted by Crippen LogP contribution is -2.68. The van der Waals surface area contributed by atoms with Crippen LogP contribution in [0.15, 0.2) is 0 Å². The molecule has 21 aliphatic heterocycles. The Labute approximate surface area is 454 Å². The van der Waals surface area contributed by atoms with Gasteiger partial charge in [-0.15, -0.1) is 0 Å². The average Bonchev–Trinajstić information content (AvgIpc) is 3.50. The van der Waals surface area contributed by atoms with Gasteiger partial charge in [-0.2, -0.15) is 0 Å². The molecule has 0 aromatic carbocycles. The Hall–Kier alpha value is -1.40. The van der Waals surface area contributed by atoms with Gasteiger partial charge in [-0.05, 0) is 13.0 Å². The second-order valence-corrected chi connectivity index (χ2v) is 20.7. The Balaban J connectivity index is 1.09. The molecule has 35 atom stereocenters. The van der Waals surface area contributed by atoms with Crippen molar-refractivity contribution in [1.29, 1.82) is 0 Å². The summed E-state index contributed by atoms with van der Waals surface area (Å²) < 4.78 is 80.9. The zero-order chi connectivity index (χ0) is 58.2. The van der Waals surface area contributed by atoms with Crippen molar-refractivity contribution in [3.63, 3.8) is 0 Å². The number of nitrogens with one attached hydrogen (secondary N) is 1. The van der Waals surface area contributed by atoms with E-state index in [2.05, 4.69) is 5.32 Å². The number of hydrogen-bond donors (Lipinski definition) is 21. The first-order valence-electron chi connectivity index (χ1n) is 26.2. The van der Waals surface area contributed by atoms with Gasteiger partial charge in [0.15, 0.2) is 44.0 Å². The minimum atomic E-state index is -2.20. The summed E-state index contributed by atoms with van der Waals surface area (Å²) in [6.07, 6.45) is -68.1. The van der Waals surface area contributed by atoms with Crippen LogP contribution >= 0.6 is 0 Å². The molecule has 21 rings (SSSR count). The molecule has 466 valence electrons. The van der Waals surface area contributed by atoms with E-state index in [1.54, 1.807) is 0 Å². The van der Waals surface area contributed by atoms with Crippen LogP contribution in [-0.2, 0) is 66.3 Å². The molecule has 21 aliphatic rings. The molecule has 0 aromatic heterocycles. The van der Waals surface area contributed by atoms with Gasteiger partial charge in [0.1, 0.15) is 171 Å². The van der Waals surface area contributed by atoms with Crippen LogP contribution < -0.4 is 5.32 Å². The van der Waals surface area contributed by atoms with E-state index in [-0.39, 0.29) is 6.54 Å². The van der Waals surface area contributed by atoms with Crippen LogP contribution in [-0.4, -0.2) is 370 Å². The molecule has 0 aromatic rings. The topological polar surface area (TPSA) is 546 Å². The third-order valence-electron chi connectivity index (χ3n) is 15.4. The predicted molar refractivity (Wildman–Crippen MR) is 245 cm³/mol. The van der Waals surface area contributed by atoms with Crippen molar-refractivity contribution in [3.8, 4) is 0 Å². The molecule has 21 fully saturated rings. The van der Waals surface area contributed by atoms with E-state index in [1.807, 2.05) is 6.92 Å². The summed E-state index contributed by atoms with van der Waals surface area (Å²) in [5.74, 6) is 0. The van der Waals surface area contributed by atoms with Crippen LogP contribution in [0, 0.1) is 0 Å². The maximum absolute atomic E-state index is 11.6. The molecule has 0 radical (unpaired) electrons. The van der Waals surface area contributed by atoms with Crippen molar-refractivity contribution in [3.05, 3.63) is 0 Å². The van der Waals surface area contributed by atoms with Crippen molar-refractivity contribution >= 4 is 0 Å². The monoisotopic (exact) mass is 1180 g/mol. The zero-order valence-corrected chi connectivity index (χ0v) is 42.7. The third kappa shape index (κ3) is 13.0. The highest BCUT2D eigenvalue weighted by Crippen LogP contribution is 2.39. The van der Waals surface area contributed by atoms with E-state index >= 15 is 0 Å². The summed E-state index contributed by atoms with van der Waals surface area (Å²) in [6, 6.07) is 0. The normalized spacial score (nSPS) is 53.7. The minimum Gasteiger partial charge on any atom is -0.394 e. The number of hydrogen-bond acceptors (Lipinski definition) is 35. The van der Waals surface area contributed by atoms with Crippen LogP contribution in [0.1, 0.15) is 13.3 Å². The average molecular weight is 1180 g/mol. The molecule has 14 bridgehead atoms. The number of rotatable bonds is 10. The molecule has 0 unspecified atom stereocenters. The Bertz CT molecular complexity index is 1880. The molecule has 35 nitrogen and oxygen atoms in total. The van der Waals surface area contributed by atoms with E-state index in [1.165, 1.54) is 0 Å². The van der Waals surface area contributed by atoms with Crippen LogP contribution in [0.3, 0.4) is 0 Å². The minimum absolute atomic E-state index is 0.192. The second kappa shape index (κ2) is 28.0. The number of ether oxygens (including phenoxy) is 14. The molecule has 80 heavy (non-hydrogen) atoms. The molecule has 35 heteroatoms. The summed E-state index contributed by atoms with van der Waals surface area (Å²) in [5, 5.41) is 225. The lowest BCUT2D eigenvalue weighted by Gasteiger charge is -2.50. The first-order valence-corrected chi connectivity index (χ1v) is 26.2. The van der Waals surface area contributed by atoms with E-state index in [0.717, 1.165) is 0 Å². The van der Waals surface area contributed by atoms with Crippen LogP contribution in [0.5, 0.6) is 0 Å². The van der Waals surface area contributed by atoms with E-state index in [9.17, 15) is 102 Å². The lowest BCUT2D eigenvalue weighted by molar-refractivity contribution is -0.396. The van der Waals surface area contributed by atoms with Gasteiger partial charge < -0.3 is 174 Å². The largest absolute Gasteiger partial charge is 0.394 e. The van der Waals surface area contributed by atoms with Crippen molar-refractivity contribution in [2.45, 2.75) is 228 Å². The molecular formula is C45H77NO34. The van der Waals surface area contributed by atoms with Gasteiger partial charge in [-0.1, -0.05) is 6.92 Å². The summed E-state index contributed by atoms with van der Waals surface area (Å²) in [4.78, 5) is 0. The number of aliphatic hydroxyl groups excluding tert-OH is 20. The second-order valence-electron chi connectivity index (χ2n) is 20.7. The van der Waals surface area contributed by atoms with Crippen molar-refractivity contribution in [2.75, 3.05) is 52.7 Å². The first-order chi connectivity index (χ1) is 38.2. The molecular weight excluding hydrogens is 1100 g/mol. The van der Waals surface area contributed by atoms with Crippen LogP contribution in [0.25, 0.3) is 0 Å². The summed E-state index contributed by atoms with van der Waals surface area (Å²) >= 11 is 0. The smallest absolute Gasteiger partial charge is 0.187 e. The van der Waals surface area contributed by atoms with Crippen molar-refractivity contribution in [2.24, 2.45) is 0 Å². The standard InChI is InChI=1S/C45H77NO34/c1-2-3-46-4-11-32-18(53)25(60)39(67-11)75-33-12(5-47)69-41(27(62)20(33)55)77-35-14(7-49)71-43(29(64)22(35)57)79-37-16(9-51)73-45(31(66)24(37)59)80-38-17(10-52)72-44(30(65)23(38)58)78-36-15(8-50)70-42(28(63)21(36)56)76-34-13(6-48)68-40(74-32)26(61)19(34)54/h11-66H,2-10H2,1H3/t11-,12-,13-,14-,15-,16-,17-,18-,19-,20-,21-,22-,23-,24-,25-,26-,27-,28-,29-,30-,31-,32-,33-,34-,35-,36-,37-,38-,39-,40-,41-,42-,43-,44-,45-/m1/s1. The highest BCUT2D eigenvalue weighted by Gasteiger charge is 2.59. The van der Waals surface area contributed by atoms with E-state index < -0.39 is 255 Å². The zero-order valence-electron chi connectivity index (χ0n) is 42.7. The fourth-order valence-corrected chi connectivity index (χ4v) is 10.9. The predicted octanol–water partition coefficient (Wildman–Crippen LogP) is -14.2. The van der Waals surface area contributed by atoms with Gasteiger partial charge in [-0.3, -0.25) is 0 Å². The van der Waals surface area contributed by atoms with Crippen molar-refractivity contribution < 1.29 is 168 Å². The Morgan fingerprint density at radius 2 is 0.400 bits per heavy atom. The summed E-state index contributed by atoms with van der Waals surface area (Å²) in [6.45, 7) is -4.17. The van der Waals surface area contributed by atoms with Crippen LogP contribution in [0.2, 0.25) is 0 Å². The van der Waals surface area contributed by atoms with E-state index in [4.69, 9.17) is 66.3 Å². The SMILES string of the molecule is CCCNC[C@H]1O[C@@H]2O[C@H]3[C@H](O)[C@@H](O)[C@@H](O[C@H]4[C@H](O)[C@@H](O)[C@@H](O[C@H]5[C@H](O)[C@@H](O)[C@@H](O[C@H]6[C@H](O)[C@@H](O)[C@@H](O[C@H]7[C@H](O)[C@@H](O)[C@@H](O[C@H]8[C@H](O)[C@@H](O)[C@@H](O[C@H]1[C@H](O)[C@H]2O)O[C@@H]8CO)O[C@@H]7CO)O[C@@H]6CO)O[C@@H]5CO)O[C@@H]4CO)O[C@@H]3CO. The Morgan fingerprint density at radius 3 is 0.562 bits per heavy atom. The summed E-state index contributed by atoms with van der Waals surface area (Å²) in [5.41, 5.74) is 0. The molecule has 21 N–H and O–H groups in total. The van der Waals surface area contributed by atoms with Gasteiger partial charge >= 0.3 is 0 Å². The molecule has 0 spiro atoms. The van der Waals surface area contributed by atoms with Gasteiger partial charge in [-0.25, -0.2) is 0 Å². The fourth-order valence-electron chi connectivity index (χ4n) is 10.9. The van der Waals surface area contributed by atoms with Gasteiger partial charge in [0.2, 0.25) is 0 Å². The van der Waals surface area contributed by atoms with Gasteiger partial charge in [0, 0.05) is 6.54 Å². The Kier molecular flexibility index (Phi) is 22.6. The summed E-state index contributed by atoms with van der Waals surface area (Å²) in [7, 11) is 0. The lowest BCUT2D eigenvalue weighted by atomic mass is 9.95. The van der Waals surface area contributed by atoms with Gasteiger partial charge in [0.05, 0.1) is 39.6 Å². The maximum Gasteiger partial charge on any atom is 0.187 e. The third-order valence-corrected chi connectivity index (χ3v) is 15.4. The molecule has 0 amide bonds. The molecule has 0 aliphatic carbocycles. The van der Waals surface area contributed by atoms with Crippen LogP contribution in [0.4, 0.5) is 0 Å². The quantitative estimate of drug-likeness (QED) is 0.0903. The van der Waals surface area contributed by atoms with Gasteiger partial charge in [0.25, 0.3) is 0 Å². The van der Waals surface area contributed by atoms with Crippen molar-refractivity contribution in [1.82, 2.24) is 5.32 Å². The maximum atomic E-state index is 11.6. The Morgan fingerprint density at radius 1 is 0.237 bits per heavy atom. The first kappa shape index (κ1) is 64.6. The number of aliphatic hydroxyl groups is 20. The molecule has 21 heterocycles. The highest BCUT2D eigenvalue weighted by molar-refractivity contribution is 5.02. The van der Waals surface area contributed by atoms with E-state index in [0.29, 0.717) is 13.0 Å². The fraction of sp³-hybridized carbons (Fsp3) is 1.00. The molecule has 21 saturated heterocycles. The highest BCUT2D eigenvalue weighted by atomic mass is 16.8.